The van der Waals surface area contributed by atoms with Crippen LogP contribution in [-0.2, 0) is 0 Å². The maximum Gasteiger partial charge on any atom is 0.344 e. The van der Waals surface area contributed by atoms with Crippen molar-refractivity contribution in [2.75, 3.05) is 5.32 Å². The van der Waals surface area contributed by atoms with Crippen molar-refractivity contribution in [2.24, 2.45) is 0 Å². The molecule has 0 aliphatic heterocycles. The zero-order valence-electron chi connectivity index (χ0n) is 20.2. The van der Waals surface area contributed by atoms with E-state index in [-0.39, 0.29) is 5.91 Å². The van der Waals surface area contributed by atoms with E-state index in [4.69, 9.17) is 8.83 Å². The average Bonchev–Trinajstić information content (AvgIpc) is 3.31. The number of aryl methyl sites for hydroxylation is 2. The van der Waals surface area contributed by atoms with Crippen molar-refractivity contribution >= 4 is 33.7 Å². The summed E-state index contributed by atoms with van der Waals surface area (Å²) in [5, 5.41) is 3.76. The molecular weight excluding hydrogens is 464 g/mol. The molecule has 0 spiro atoms. The lowest BCUT2D eigenvalue weighted by Crippen LogP contribution is -2.12. The lowest BCUT2D eigenvalue weighted by Gasteiger charge is -2.08. The third-order valence-electron chi connectivity index (χ3n) is 6.47. The highest BCUT2D eigenvalue weighted by molar-refractivity contribution is 6.04. The summed E-state index contributed by atoms with van der Waals surface area (Å²) in [7, 11) is 0. The van der Waals surface area contributed by atoms with Crippen LogP contribution in [0.3, 0.4) is 0 Å². The minimum absolute atomic E-state index is 0.266. The normalized spacial score (nSPS) is 11.2. The Morgan fingerprint density at radius 2 is 1.54 bits per heavy atom. The van der Waals surface area contributed by atoms with Gasteiger partial charge in [-0.05, 0) is 85.1 Å². The summed E-state index contributed by atoms with van der Waals surface area (Å²) in [5.41, 5.74) is 6.92. The summed E-state index contributed by atoms with van der Waals surface area (Å²) < 4.78 is 11.4. The van der Waals surface area contributed by atoms with Crippen molar-refractivity contribution in [3.8, 4) is 22.6 Å². The Bertz CT molecular complexity index is 1820. The van der Waals surface area contributed by atoms with E-state index in [1.807, 2.05) is 68.4 Å². The smallest absolute Gasteiger partial charge is 0.344 e. The van der Waals surface area contributed by atoms with Gasteiger partial charge in [-0.1, -0.05) is 36.4 Å². The number of benzene rings is 4. The summed E-state index contributed by atoms with van der Waals surface area (Å²) in [4.78, 5) is 30.0. The van der Waals surface area contributed by atoms with Gasteiger partial charge in [-0.3, -0.25) is 4.79 Å². The number of fused-ring (bicyclic) bond motifs is 2. The third-order valence-corrected chi connectivity index (χ3v) is 6.47. The summed E-state index contributed by atoms with van der Waals surface area (Å²) in [6, 6.07) is 27.4. The number of oxazole rings is 1. The highest BCUT2D eigenvalue weighted by Crippen LogP contribution is 2.28. The average molecular weight is 487 g/mol. The number of aromatic nitrogens is 1. The van der Waals surface area contributed by atoms with Crippen LogP contribution in [0.2, 0.25) is 0 Å². The number of nitrogens with zero attached hydrogens (tertiary/aromatic N) is 1. The molecule has 0 atom stereocenters. The highest BCUT2D eigenvalue weighted by Gasteiger charge is 2.13. The number of anilines is 1. The number of para-hydroxylation sites is 1. The summed E-state index contributed by atoms with van der Waals surface area (Å²) in [6.45, 7) is 4.08. The zero-order chi connectivity index (χ0) is 25.5. The standard InChI is InChI=1S/C31H22N2O4/c1-18-14-26-28(15-19(18)2)36-30(33-26)23-7-5-8-24(16-23)32-29(34)21-12-10-20(11-13-21)25-17-22-6-3-4-9-27(22)37-31(25)35/h3-17H,1-2H3,(H,32,34). The number of hydrogen-bond donors (Lipinski definition) is 1. The van der Waals surface area contributed by atoms with Gasteiger partial charge < -0.3 is 14.2 Å². The van der Waals surface area contributed by atoms with Gasteiger partial charge in [0, 0.05) is 22.2 Å². The number of amides is 1. The van der Waals surface area contributed by atoms with Crippen molar-refractivity contribution < 1.29 is 13.6 Å². The molecule has 6 heteroatoms. The Labute approximate surface area is 212 Å². The maximum absolute atomic E-state index is 12.9. The first-order chi connectivity index (χ1) is 17.9. The second-order valence-electron chi connectivity index (χ2n) is 9.02. The summed E-state index contributed by atoms with van der Waals surface area (Å²) in [6.07, 6.45) is 0. The predicted molar refractivity (Wildman–Crippen MR) is 145 cm³/mol. The van der Waals surface area contributed by atoms with Crippen LogP contribution in [0.4, 0.5) is 5.69 Å². The fourth-order valence-electron chi connectivity index (χ4n) is 4.30. The van der Waals surface area contributed by atoms with E-state index in [2.05, 4.69) is 10.3 Å². The minimum Gasteiger partial charge on any atom is -0.436 e. The molecule has 2 aromatic heterocycles. The van der Waals surface area contributed by atoms with E-state index in [9.17, 15) is 9.59 Å². The molecule has 0 fully saturated rings. The van der Waals surface area contributed by atoms with Gasteiger partial charge in [0.2, 0.25) is 5.89 Å². The molecule has 0 saturated heterocycles. The zero-order valence-corrected chi connectivity index (χ0v) is 20.2. The minimum atomic E-state index is -0.419. The van der Waals surface area contributed by atoms with Crippen LogP contribution in [0, 0.1) is 13.8 Å². The topological polar surface area (TPSA) is 85.3 Å². The lowest BCUT2D eigenvalue weighted by atomic mass is 10.0. The van der Waals surface area contributed by atoms with Gasteiger partial charge in [0.25, 0.3) is 5.91 Å². The Balaban J connectivity index is 1.23. The Hall–Kier alpha value is -4.97. The quantitative estimate of drug-likeness (QED) is 0.268. The Morgan fingerprint density at radius 3 is 2.38 bits per heavy atom. The van der Waals surface area contributed by atoms with Crippen molar-refractivity contribution in [1.29, 1.82) is 0 Å². The molecule has 37 heavy (non-hydrogen) atoms. The van der Waals surface area contributed by atoms with Crippen LogP contribution >= 0.6 is 0 Å². The summed E-state index contributed by atoms with van der Waals surface area (Å²) in [5.74, 6) is 0.229. The second kappa shape index (κ2) is 8.91. The third kappa shape index (κ3) is 4.29. The largest absolute Gasteiger partial charge is 0.436 e. The highest BCUT2D eigenvalue weighted by atomic mass is 16.4. The van der Waals surface area contributed by atoms with Crippen LogP contribution in [0.1, 0.15) is 21.5 Å². The van der Waals surface area contributed by atoms with Gasteiger partial charge in [-0.2, -0.15) is 0 Å². The monoisotopic (exact) mass is 486 g/mol. The molecule has 0 bridgehead atoms. The van der Waals surface area contributed by atoms with Gasteiger partial charge in [-0.15, -0.1) is 0 Å². The molecule has 6 aromatic rings. The SMILES string of the molecule is Cc1cc2nc(-c3cccc(NC(=O)c4ccc(-c5cc6ccccc6oc5=O)cc4)c3)oc2cc1C. The molecule has 4 aromatic carbocycles. The molecule has 180 valence electrons. The van der Waals surface area contributed by atoms with Gasteiger partial charge in [0.05, 0.1) is 5.56 Å². The first-order valence-corrected chi connectivity index (χ1v) is 11.9. The molecule has 6 rings (SSSR count). The van der Waals surface area contributed by atoms with Crippen molar-refractivity contribution in [3.63, 3.8) is 0 Å². The fourth-order valence-corrected chi connectivity index (χ4v) is 4.30. The van der Waals surface area contributed by atoms with Crippen LogP contribution in [0.15, 0.2) is 105 Å². The fraction of sp³-hybridized carbons (Fsp3) is 0.0645. The van der Waals surface area contributed by atoms with Crippen molar-refractivity contribution in [3.05, 3.63) is 118 Å². The molecule has 0 aliphatic rings. The maximum atomic E-state index is 12.9. The number of carbonyl (C=O) groups excluding carboxylic acids is 1. The van der Waals surface area contributed by atoms with E-state index in [0.29, 0.717) is 33.9 Å². The Morgan fingerprint density at radius 1 is 0.757 bits per heavy atom. The molecule has 0 saturated carbocycles. The van der Waals surface area contributed by atoms with Crippen LogP contribution in [0.25, 0.3) is 44.7 Å². The number of carbonyl (C=O) groups is 1. The van der Waals surface area contributed by atoms with Crippen molar-refractivity contribution in [1.82, 2.24) is 4.98 Å². The molecule has 6 nitrogen and oxygen atoms in total. The van der Waals surface area contributed by atoms with Gasteiger partial charge in [0.15, 0.2) is 5.58 Å². The van der Waals surface area contributed by atoms with E-state index < -0.39 is 5.63 Å². The van der Waals surface area contributed by atoms with Gasteiger partial charge in [-0.25, -0.2) is 9.78 Å². The number of hydrogen-bond acceptors (Lipinski definition) is 5. The van der Waals surface area contributed by atoms with Crippen LogP contribution < -0.4 is 10.9 Å². The van der Waals surface area contributed by atoms with Crippen LogP contribution in [-0.4, -0.2) is 10.9 Å². The van der Waals surface area contributed by atoms with E-state index in [1.54, 1.807) is 36.4 Å². The first kappa shape index (κ1) is 22.5. The van der Waals surface area contributed by atoms with E-state index >= 15 is 0 Å². The number of nitrogens with one attached hydrogen (secondary N) is 1. The molecule has 0 aliphatic carbocycles. The van der Waals surface area contributed by atoms with E-state index in [0.717, 1.165) is 33.2 Å². The first-order valence-electron chi connectivity index (χ1n) is 11.9. The van der Waals surface area contributed by atoms with Gasteiger partial charge in [0.1, 0.15) is 11.1 Å². The Kier molecular flexibility index (Phi) is 5.42. The number of rotatable bonds is 4. The summed E-state index contributed by atoms with van der Waals surface area (Å²) >= 11 is 0. The second-order valence-corrected chi connectivity index (χ2v) is 9.02. The molecule has 0 radical (unpaired) electrons. The molecule has 2 heterocycles. The van der Waals surface area contributed by atoms with E-state index in [1.165, 1.54) is 0 Å². The molecule has 0 unspecified atom stereocenters. The molecular formula is C31H22N2O4. The predicted octanol–water partition coefficient (Wildman–Crippen LogP) is 7.14. The van der Waals surface area contributed by atoms with Gasteiger partial charge >= 0.3 is 5.63 Å². The van der Waals surface area contributed by atoms with Crippen molar-refractivity contribution in [2.45, 2.75) is 13.8 Å². The molecule has 1 N–H and O–H groups in total. The van der Waals surface area contributed by atoms with Crippen LogP contribution in [0.5, 0.6) is 0 Å². The lowest BCUT2D eigenvalue weighted by molar-refractivity contribution is 0.102. The molecule has 1 amide bonds.